The fraction of sp³-hybridized carbons (Fsp3) is 0.250. The van der Waals surface area contributed by atoms with E-state index in [0.29, 0.717) is 16.7 Å². The molecule has 106 valence electrons. The van der Waals surface area contributed by atoms with Crippen molar-refractivity contribution in [2.75, 3.05) is 0 Å². The molecule has 2 aromatic rings. The minimum atomic E-state index is 0.0520. The van der Waals surface area contributed by atoms with Crippen molar-refractivity contribution >= 4 is 23.2 Å². The SMILES string of the molecule is CC(N)Cc1cc(Cl)ccc1OCc1ccccc1Cl. The van der Waals surface area contributed by atoms with Crippen LogP contribution in [0.4, 0.5) is 0 Å². The first-order valence-corrected chi connectivity index (χ1v) is 7.22. The van der Waals surface area contributed by atoms with Gasteiger partial charge in [0.05, 0.1) is 0 Å². The predicted octanol–water partition coefficient (Wildman–Crippen LogP) is 4.46. The molecule has 2 nitrogen and oxygen atoms in total. The van der Waals surface area contributed by atoms with Crippen molar-refractivity contribution in [1.82, 2.24) is 0 Å². The van der Waals surface area contributed by atoms with Crippen LogP contribution < -0.4 is 10.5 Å². The summed E-state index contributed by atoms with van der Waals surface area (Å²) in [7, 11) is 0. The van der Waals surface area contributed by atoms with Crippen LogP contribution in [-0.2, 0) is 13.0 Å². The Hall–Kier alpha value is -1.22. The van der Waals surface area contributed by atoms with Gasteiger partial charge in [0.15, 0.2) is 0 Å². The highest BCUT2D eigenvalue weighted by Crippen LogP contribution is 2.26. The molecule has 0 spiro atoms. The third kappa shape index (κ3) is 4.14. The van der Waals surface area contributed by atoms with Crippen LogP contribution in [0, 0.1) is 0 Å². The van der Waals surface area contributed by atoms with E-state index in [0.717, 1.165) is 23.3 Å². The zero-order valence-electron chi connectivity index (χ0n) is 11.3. The van der Waals surface area contributed by atoms with Crippen molar-refractivity contribution in [3.8, 4) is 5.75 Å². The lowest BCUT2D eigenvalue weighted by molar-refractivity contribution is 0.302. The summed E-state index contributed by atoms with van der Waals surface area (Å²) >= 11 is 12.1. The third-order valence-corrected chi connectivity index (χ3v) is 3.51. The molecule has 20 heavy (non-hydrogen) atoms. The van der Waals surface area contributed by atoms with Crippen molar-refractivity contribution in [1.29, 1.82) is 0 Å². The number of hydrogen-bond donors (Lipinski definition) is 1. The number of benzene rings is 2. The van der Waals surface area contributed by atoms with Crippen LogP contribution in [0.5, 0.6) is 5.75 Å². The molecular weight excluding hydrogens is 293 g/mol. The quantitative estimate of drug-likeness (QED) is 0.885. The van der Waals surface area contributed by atoms with E-state index >= 15 is 0 Å². The lowest BCUT2D eigenvalue weighted by Crippen LogP contribution is -2.18. The normalized spacial score (nSPS) is 12.2. The Balaban J connectivity index is 2.15. The summed E-state index contributed by atoms with van der Waals surface area (Å²) in [5.74, 6) is 0.798. The molecular formula is C16H17Cl2NO. The van der Waals surface area contributed by atoms with Crippen molar-refractivity contribution in [2.45, 2.75) is 26.0 Å². The van der Waals surface area contributed by atoms with Crippen molar-refractivity contribution in [3.05, 3.63) is 63.6 Å². The van der Waals surface area contributed by atoms with Crippen LogP contribution in [0.15, 0.2) is 42.5 Å². The van der Waals surface area contributed by atoms with Gasteiger partial charge in [0.2, 0.25) is 0 Å². The highest BCUT2D eigenvalue weighted by atomic mass is 35.5. The summed E-state index contributed by atoms with van der Waals surface area (Å²) < 4.78 is 5.86. The minimum absolute atomic E-state index is 0.0520. The average Bonchev–Trinajstić information content (AvgIpc) is 2.39. The summed E-state index contributed by atoms with van der Waals surface area (Å²) in [5.41, 5.74) is 7.82. The first-order chi connectivity index (χ1) is 9.56. The maximum absolute atomic E-state index is 6.12. The maximum Gasteiger partial charge on any atom is 0.123 e. The summed E-state index contributed by atoms with van der Waals surface area (Å²) in [5, 5.41) is 1.39. The molecule has 0 amide bonds. The number of halogens is 2. The lowest BCUT2D eigenvalue weighted by atomic mass is 10.1. The Morgan fingerprint density at radius 3 is 2.55 bits per heavy atom. The van der Waals surface area contributed by atoms with Gasteiger partial charge in [-0.05, 0) is 43.2 Å². The first kappa shape index (κ1) is 15.2. The van der Waals surface area contributed by atoms with Gasteiger partial charge in [-0.3, -0.25) is 0 Å². The average molecular weight is 310 g/mol. The topological polar surface area (TPSA) is 35.2 Å². The lowest BCUT2D eigenvalue weighted by Gasteiger charge is -2.14. The van der Waals surface area contributed by atoms with Crippen LogP contribution in [0.1, 0.15) is 18.1 Å². The molecule has 2 aromatic carbocycles. The fourth-order valence-corrected chi connectivity index (χ4v) is 2.35. The van der Waals surface area contributed by atoms with Gasteiger partial charge in [-0.15, -0.1) is 0 Å². The van der Waals surface area contributed by atoms with Gasteiger partial charge in [0, 0.05) is 21.7 Å². The zero-order chi connectivity index (χ0) is 14.5. The second kappa shape index (κ2) is 6.98. The third-order valence-electron chi connectivity index (χ3n) is 2.91. The van der Waals surface area contributed by atoms with Crippen LogP contribution in [0.2, 0.25) is 10.0 Å². The maximum atomic E-state index is 6.12. The Labute approximate surface area is 129 Å². The van der Waals surface area contributed by atoms with Crippen LogP contribution in [0.25, 0.3) is 0 Å². The van der Waals surface area contributed by atoms with Gasteiger partial charge in [-0.1, -0.05) is 41.4 Å². The van der Waals surface area contributed by atoms with E-state index in [2.05, 4.69) is 0 Å². The van der Waals surface area contributed by atoms with Crippen LogP contribution >= 0.6 is 23.2 Å². The number of nitrogens with two attached hydrogens (primary N) is 1. The fourth-order valence-electron chi connectivity index (χ4n) is 1.97. The first-order valence-electron chi connectivity index (χ1n) is 6.46. The van der Waals surface area contributed by atoms with E-state index < -0.39 is 0 Å². The molecule has 0 aliphatic carbocycles. The molecule has 0 aromatic heterocycles. The van der Waals surface area contributed by atoms with Crippen molar-refractivity contribution in [3.63, 3.8) is 0 Å². The molecule has 4 heteroatoms. The predicted molar refractivity (Wildman–Crippen MR) is 84.6 cm³/mol. The Morgan fingerprint density at radius 2 is 1.85 bits per heavy atom. The van der Waals surface area contributed by atoms with E-state index in [-0.39, 0.29) is 6.04 Å². The highest BCUT2D eigenvalue weighted by molar-refractivity contribution is 6.31. The van der Waals surface area contributed by atoms with Gasteiger partial charge in [0.1, 0.15) is 12.4 Å². The highest BCUT2D eigenvalue weighted by Gasteiger charge is 2.08. The molecule has 0 radical (unpaired) electrons. The van der Waals surface area contributed by atoms with E-state index in [1.807, 2.05) is 49.4 Å². The van der Waals surface area contributed by atoms with Gasteiger partial charge in [0.25, 0.3) is 0 Å². The molecule has 0 saturated carbocycles. The molecule has 0 aliphatic heterocycles. The smallest absolute Gasteiger partial charge is 0.123 e. The van der Waals surface area contributed by atoms with Crippen molar-refractivity contribution in [2.24, 2.45) is 5.73 Å². The van der Waals surface area contributed by atoms with Gasteiger partial charge < -0.3 is 10.5 Å². The molecule has 0 fully saturated rings. The molecule has 1 atom stereocenters. The van der Waals surface area contributed by atoms with E-state index in [1.54, 1.807) is 0 Å². The van der Waals surface area contributed by atoms with E-state index in [4.69, 9.17) is 33.7 Å². The van der Waals surface area contributed by atoms with Crippen LogP contribution in [-0.4, -0.2) is 6.04 Å². The van der Waals surface area contributed by atoms with Gasteiger partial charge >= 0.3 is 0 Å². The van der Waals surface area contributed by atoms with Gasteiger partial charge in [-0.2, -0.15) is 0 Å². The summed E-state index contributed by atoms with van der Waals surface area (Å²) in [6.45, 7) is 2.38. The molecule has 2 N–H and O–H groups in total. The summed E-state index contributed by atoms with van der Waals surface area (Å²) in [4.78, 5) is 0. The molecule has 0 bridgehead atoms. The molecule has 1 unspecified atom stereocenters. The Bertz CT molecular complexity index is 584. The van der Waals surface area contributed by atoms with Gasteiger partial charge in [-0.25, -0.2) is 0 Å². The second-order valence-corrected chi connectivity index (χ2v) is 5.66. The summed E-state index contributed by atoms with van der Waals surface area (Å²) in [6, 6.07) is 13.3. The standard InChI is InChI=1S/C16H17Cl2NO/c1-11(19)8-13-9-14(17)6-7-16(13)20-10-12-4-2-3-5-15(12)18/h2-7,9,11H,8,10,19H2,1H3. The zero-order valence-corrected chi connectivity index (χ0v) is 12.8. The largest absolute Gasteiger partial charge is 0.489 e. The number of hydrogen-bond acceptors (Lipinski definition) is 2. The number of ether oxygens (including phenoxy) is 1. The minimum Gasteiger partial charge on any atom is -0.489 e. The van der Waals surface area contributed by atoms with Crippen LogP contribution in [0.3, 0.4) is 0 Å². The molecule has 2 rings (SSSR count). The monoisotopic (exact) mass is 309 g/mol. The Morgan fingerprint density at radius 1 is 1.10 bits per heavy atom. The van der Waals surface area contributed by atoms with E-state index in [9.17, 15) is 0 Å². The second-order valence-electron chi connectivity index (χ2n) is 4.81. The summed E-state index contributed by atoms with van der Waals surface area (Å²) in [6.07, 6.45) is 0.721. The molecule has 0 aliphatic rings. The van der Waals surface area contributed by atoms with Crippen molar-refractivity contribution < 1.29 is 4.74 Å². The molecule has 0 heterocycles. The Kier molecular flexibility index (Phi) is 5.30. The molecule has 0 saturated heterocycles. The number of rotatable bonds is 5. The van der Waals surface area contributed by atoms with E-state index in [1.165, 1.54) is 0 Å².